The van der Waals surface area contributed by atoms with Crippen LogP contribution in [-0.2, 0) is 4.79 Å². The zero-order valence-electron chi connectivity index (χ0n) is 10.0. The maximum absolute atomic E-state index is 11.7. The van der Waals surface area contributed by atoms with Crippen molar-refractivity contribution >= 4 is 33.2 Å². The van der Waals surface area contributed by atoms with E-state index in [1.165, 1.54) is 0 Å². The van der Waals surface area contributed by atoms with Gasteiger partial charge in [-0.15, -0.1) is 0 Å². The van der Waals surface area contributed by atoms with Crippen molar-refractivity contribution < 1.29 is 4.79 Å². The summed E-state index contributed by atoms with van der Waals surface area (Å²) >= 11 is 3.40. The summed E-state index contributed by atoms with van der Waals surface area (Å²) in [5, 5.41) is 2.92. The Labute approximate surface area is 105 Å². The Morgan fingerprint density at radius 3 is 2.50 bits per heavy atom. The molecule has 1 aromatic carbocycles. The molecule has 0 heterocycles. The topological polar surface area (TPSA) is 32.3 Å². The third-order valence-electron chi connectivity index (χ3n) is 2.22. The number of hydrogen-bond donors (Lipinski definition) is 1. The van der Waals surface area contributed by atoms with Crippen LogP contribution in [0.2, 0.25) is 0 Å². The zero-order valence-corrected chi connectivity index (χ0v) is 11.6. The number of nitrogens with zero attached hydrogens (tertiary/aromatic N) is 1. The predicted molar refractivity (Wildman–Crippen MR) is 71.9 cm³/mol. The van der Waals surface area contributed by atoms with Gasteiger partial charge in [-0.3, -0.25) is 4.79 Å². The van der Waals surface area contributed by atoms with Crippen LogP contribution in [0.5, 0.6) is 0 Å². The van der Waals surface area contributed by atoms with E-state index in [-0.39, 0.29) is 11.8 Å². The van der Waals surface area contributed by atoms with E-state index in [1.54, 1.807) is 0 Å². The van der Waals surface area contributed by atoms with E-state index in [0.717, 1.165) is 15.8 Å². The van der Waals surface area contributed by atoms with Gasteiger partial charge in [0.05, 0.1) is 11.4 Å². The van der Waals surface area contributed by atoms with Crippen LogP contribution >= 0.6 is 15.9 Å². The Balaban J connectivity index is 3.01. The van der Waals surface area contributed by atoms with Crippen LogP contribution in [0.1, 0.15) is 13.8 Å². The van der Waals surface area contributed by atoms with Gasteiger partial charge < -0.3 is 10.2 Å². The summed E-state index contributed by atoms with van der Waals surface area (Å²) in [5.41, 5.74) is 1.83. The van der Waals surface area contributed by atoms with E-state index < -0.39 is 0 Å². The third-order valence-corrected chi connectivity index (χ3v) is 2.72. The van der Waals surface area contributed by atoms with E-state index in [2.05, 4.69) is 21.2 Å². The molecule has 0 fully saturated rings. The van der Waals surface area contributed by atoms with Crippen molar-refractivity contribution in [2.24, 2.45) is 5.92 Å². The molecule has 0 saturated carbocycles. The van der Waals surface area contributed by atoms with E-state index in [0.29, 0.717) is 0 Å². The standard InChI is InChI=1S/C12H17BrN2O/c1-8(2)12(16)14-10-7-9(13)5-6-11(10)15(3)4/h5-8H,1-4H3,(H,14,16). The van der Waals surface area contributed by atoms with E-state index in [1.807, 2.05) is 51.0 Å². The normalized spacial score (nSPS) is 10.4. The first-order valence-electron chi connectivity index (χ1n) is 5.19. The maximum Gasteiger partial charge on any atom is 0.226 e. The minimum absolute atomic E-state index is 0.0195. The van der Waals surface area contributed by atoms with Gasteiger partial charge in [-0.05, 0) is 18.2 Å². The molecule has 0 spiro atoms. The van der Waals surface area contributed by atoms with Crippen molar-refractivity contribution in [1.82, 2.24) is 0 Å². The average molecular weight is 285 g/mol. The van der Waals surface area contributed by atoms with E-state index in [4.69, 9.17) is 0 Å². The van der Waals surface area contributed by atoms with Crippen LogP contribution in [0.25, 0.3) is 0 Å². The molecule has 88 valence electrons. The van der Waals surface area contributed by atoms with Gasteiger partial charge in [-0.2, -0.15) is 0 Å². The van der Waals surface area contributed by atoms with Crippen LogP contribution in [-0.4, -0.2) is 20.0 Å². The second kappa shape index (κ2) is 5.34. The predicted octanol–water partition coefficient (Wildman–Crippen LogP) is 3.11. The fraction of sp³-hybridized carbons (Fsp3) is 0.417. The van der Waals surface area contributed by atoms with Gasteiger partial charge in [0.2, 0.25) is 5.91 Å². The molecule has 1 N–H and O–H groups in total. The van der Waals surface area contributed by atoms with Crippen molar-refractivity contribution in [3.63, 3.8) is 0 Å². The van der Waals surface area contributed by atoms with Gasteiger partial charge in [-0.25, -0.2) is 0 Å². The molecule has 0 unspecified atom stereocenters. The highest BCUT2D eigenvalue weighted by Gasteiger charge is 2.11. The molecule has 0 aromatic heterocycles. The van der Waals surface area contributed by atoms with Gasteiger partial charge in [0.25, 0.3) is 0 Å². The lowest BCUT2D eigenvalue weighted by molar-refractivity contribution is -0.118. The summed E-state index contributed by atoms with van der Waals surface area (Å²) in [6.07, 6.45) is 0. The molecule has 0 radical (unpaired) electrons. The molecule has 0 saturated heterocycles. The quantitative estimate of drug-likeness (QED) is 0.925. The van der Waals surface area contributed by atoms with Crippen molar-refractivity contribution in [2.45, 2.75) is 13.8 Å². The van der Waals surface area contributed by atoms with E-state index in [9.17, 15) is 4.79 Å². The number of anilines is 2. The number of rotatable bonds is 3. The van der Waals surface area contributed by atoms with Gasteiger partial charge in [0, 0.05) is 24.5 Å². The first-order chi connectivity index (χ1) is 7.41. The lowest BCUT2D eigenvalue weighted by atomic mass is 10.2. The second-order valence-corrected chi connectivity index (χ2v) is 5.12. The zero-order chi connectivity index (χ0) is 12.3. The van der Waals surface area contributed by atoms with Gasteiger partial charge in [-0.1, -0.05) is 29.8 Å². The number of hydrogen-bond acceptors (Lipinski definition) is 2. The number of carbonyl (C=O) groups is 1. The minimum Gasteiger partial charge on any atom is -0.376 e. The maximum atomic E-state index is 11.7. The molecule has 1 rings (SSSR count). The third kappa shape index (κ3) is 3.23. The molecule has 16 heavy (non-hydrogen) atoms. The SMILES string of the molecule is CC(C)C(=O)Nc1cc(Br)ccc1N(C)C. The second-order valence-electron chi connectivity index (χ2n) is 4.20. The summed E-state index contributed by atoms with van der Waals surface area (Å²) in [4.78, 5) is 13.6. The van der Waals surface area contributed by atoms with Crippen molar-refractivity contribution in [3.8, 4) is 0 Å². The Kier molecular flexibility index (Phi) is 4.35. The largest absolute Gasteiger partial charge is 0.376 e. The molecule has 0 atom stereocenters. The minimum atomic E-state index is -0.0195. The molecule has 0 aliphatic rings. The Morgan fingerprint density at radius 1 is 1.38 bits per heavy atom. The van der Waals surface area contributed by atoms with Crippen molar-refractivity contribution in [2.75, 3.05) is 24.3 Å². The summed E-state index contributed by atoms with van der Waals surface area (Å²) < 4.78 is 0.956. The molecule has 3 nitrogen and oxygen atoms in total. The molecule has 0 aliphatic heterocycles. The summed E-state index contributed by atoms with van der Waals surface area (Å²) in [6, 6.07) is 5.84. The lowest BCUT2D eigenvalue weighted by Gasteiger charge is -2.19. The van der Waals surface area contributed by atoms with Gasteiger partial charge >= 0.3 is 0 Å². The van der Waals surface area contributed by atoms with Gasteiger partial charge in [0.15, 0.2) is 0 Å². The molecular formula is C12H17BrN2O. The fourth-order valence-electron chi connectivity index (χ4n) is 1.28. The number of benzene rings is 1. The van der Waals surface area contributed by atoms with Crippen LogP contribution in [0, 0.1) is 5.92 Å². The Morgan fingerprint density at radius 2 is 2.00 bits per heavy atom. The molecular weight excluding hydrogens is 268 g/mol. The average Bonchev–Trinajstić information content (AvgIpc) is 2.16. The molecule has 1 aromatic rings. The highest BCUT2D eigenvalue weighted by atomic mass is 79.9. The molecule has 4 heteroatoms. The summed E-state index contributed by atoms with van der Waals surface area (Å²) in [5.74, 6) is 0.00944. The number of nitrogens with one attached hydrogen (secondary N) is 1. The first kappa shape index (κ1) is 13.0. The monoisotopic (exact) mass is 284 g/mol. The number of amides is 1. The van der Waals surface area contributed by atoms with Crippen molar-refractivity contribution in [1.29, 1.82) is 0 Å². The number of carbonyl (C=O) groups excluding carboxylic acids is 1. The highest BCUT2D eigenvalue weighted by molar-refractivity contribution is 9.10. The van der Waals surface area contributed by atoms with Crippen LogP contribution in [0.15, 0.2) is 22.7 Å². The summed E-state index contributed by atoms with van der Waals surface area (Å²) in [6.45, 7) is 3.76. The van der Waals surface area contributed by atoms with E-state index >= 15 is 0 Å². The Bertz CT molecular complexity index is 389. The van der Waals surface area contributed by atoms with Gasteiger partial charge in [0.1, 0.15) is 0 Å². The smallest absolute Gasteiger partial charge is 0.226 e. The van der Waals surface area contributed by atoms with Crippen LogP contribution < -0.4 is 10.2 Å². The Hall–Kier alpha value is -1.03. The van der Waals surface area contributed by atoms with Crippen LogP contribution in [0.3, 0.4) is 0 Å². The highest BCUT2D eigenvalue weighted by Crippen LogP contribution is 2.28. The molecule has 1 amide bonds. The van der Waals surface area contributed by atoms with Crippen LogP contribution in [0.4, 0.5) is 11.4 Å². The molecule has 0 bridgehead atoms. The fourth-order valence-corrected chi connectivity index (χ4v) is 1.64. The number of halogens is 1. The summed E-state index contributed by atoms with van der Waals surface area (Å²) in [7, 11) is 3.91. The lowest BCUT2D eigenvalue weighted by Crippen LogP contribution is -2.20. The molecule has 0 aliphatic carbocycles. The van der Waals surface area contributed by atoms with Crippen molar-refractivity contribution in [3.05, 3.63) is 22.7 Å². The first-order valence-corrected chi connectivity index (χ1v) is 5.99.